The number of hydrogen-bond donors (Lipinski definition) is 0. The summed E-state index contributed by atoms with van der Waals surface area (Å²) in [5.74, 6) is 0.857. The Morgan fingerprint density at radius 2 is 1.90 bits per heavy atom. The minimum absolute atomic E-state index is 0.0940. The number of thioether (sulfide) groups is 1. The zero-order valence-corrected chi connectivity index (χ0v) is 13.6. The van der Waals surface area contributed by atoms with E-state index in [-0.39, 0.29) is 11.9 Å². The summed E-state index contributed by atoms with van der Waals surface area (Å²) in [6, 6.07) is 0.272. The number of sulfone groups is 1. The molecule has 3 aliphatic rings. The van der Waals surface area contributed by atoms with Crippen molar-refractivity contribution in [1.29, 1.82) is 0 Å². The van der Waals surface area contributed by atoms with Gasteiger partial charge in [0.2, 0.25) is 5.91 Å². The zero-order chi connectivity index (χ0) is 14.4. The highest BCUT2D eigenvalue weighted by atomic mass is 32.2. The van der Waals surface area contributed by atoms with Crippen LogP contribution in [-0.4, -0.2) is 53.8 Å². The van der Waals surface area contributed by atoms with Crippen LogP contribution in [0.15, 0.2) is 0 Å². The SMILES string of the molecule is CS(=O)(=O)C1(C(=O)N2CCS[C@@H]3CCCC[C@@H]32)CCC1. The van der Waals surface area contributed by atoms with Crippen LogP contribution in [0.2, 0.25) is 0 Å². The summed E-state index contributed by atoms with van der Waals surface area (Å²) < 4.78 is 23.2. The van der Waals surface area contributed by atoms with Crippen LogP contribution in [0, 0.1) is 0 Å². The van der Waals surface area contributed by atoms with Gasteiger partial charge in [0.15, 0.2) is 14.6 Å². The van der Waals surface area contributed by atoms with E-state index in [1.54, 1.807) is 0 Å². The number of rotatable bonds is 2. The summed E-state index contributed by atoms with van der Waals surface area (Å²) in [6.45, 7) is 0.724. The average Bonchev–Trinajstić information content (AvgIpc) is 2.34. The maximum atomic E-state index is 12.9. The van der Waals surface area contributed by atoms with Gasteiger partial charge in [0, 0.05) is 29.8 Å². The molecule has 4 nitrogen and oxygen atoms in total. The normalized spacial score (nSPS) is 33.1. The van der Waals surface area contributed by atoms with E-state index < -0.39 is 14.6 Å². The topological polar surface area (TPSA) is 54.5 Å². The number of amides is 1. The summed E-state index contributed by atoms with van der Waals surface area (Å²) in [5.41, 5.74) is 0. The first-order valence-electron chi connectivity index (χ1n) is 7.58. The van der Waals surface area contributed by atoms with Gasteiger partial charge in [0.1, 0.15) is 0 Å². The van der Waals surface area contributed by atoms with Crippen molar-refractivity contribution in [3.63, 3.8) is 0 Å². The summed E-state index contributed by atoms with van der Waals surface area (Å²) in [7, 11) is -3.31. The van der Waals surface area contributed by atoms with Crippen molar-refractivity contribution in [3.05, 3.63) is 0 Å². The average molecular weight is 317 g/mol. The minimum atomic E-state index is -3.31. The first kappa shape index (κ1) is 14.7. The fourth-order valence-corrected chi connectivity index (χ4v) is 6.76. The third-order valence-electron chi connectivity index (χ3n) is 5.25. The molecule has 0 aromatic carbocycles. The standard InChI is InChI=1S/C14H23NO3S2/c1-20(17,18)14(7-4-8-14)13(16)15-9-10-19-12-6-3-2-5-11(12)15/h11-12H,2-10H2,1H3/t11-,12+/m0/s1. The van der Waals surface area contributed by atoms with Crippen LogP contribution in [-0.2, 0) is 14.6 Å². The highest BCUT2D eigenvalue weighted by Gasteiger charge is 2.56. The molecule has 1 aliphatic heterocycles. The molecule has 1 amide bonds. The highest BCUT2D eigenvalue weighted by Crippen LogP contribution is 2.43. The fraction of sp³-hybridized carbons (Fsp3) is 0.929. The largest absolute Gasteiger partial charge is 0.336 e. The van der Waals surface area contributed by atoms with Gasteiger partial charge in [-0.25, -0.2) is 8.42 Å². The van der Waals surface area contributed by atoms with Gasteiger partial charge in [-0.1, -0.05) is 12.8 Å². The van der Waals surface area contributed by atoms with E-state index in [4.69, 9.17) is 0 Å². The molecule has 0 radical (unpaired) electrons. The number of fused-ring (bicyclic) bond motifs is 1. The molecule has 3 fully saturated rings. The molecule has 2 atom stereocenters. The number of hydrogen-bond acceptors (Lipinski definition) is 4. The van der Waals surface area contributed by atoms with E-state index in [1.165, 1.54) is 19.1 Å². The molecule has 0 unspecified atom stereocenters. The first-order chi connectivity index (χ1) is 9.46. The molecule has 3 rings (SSSR count). The molecule has 2 aliphatic carbocycles. The number of nitrogens with zero attached hydrogens (tertiary/aromatic N) is 1. The third kappa shape index (κ3) is 2.19. The Morgan fingerprint density at radius 1 is 1.20 bits per heavy atom. The maximum absolute atomic E-state index is 12.9. The summed E-state index contributed by atoms with van der Waals surface area (Å²) >= 11 is 1.97. The third-order valence-corrected chi connectivity index (χ3v) is 8.65. The first-order valence-corrected chi connectivity index (χ1v) is 10.5. The van der Waals surface area contributed by atoms with E-state index in [1.807, 2.05) is 16.7 Å². The van der Waals surface area contributed by atoms with Crippen LogP contribution in [0.4, 0.5) is 0 Å². The fourth-order valence-electron chi connectivity index (χ4n) is 3.85. The van der Waals surface area contributed by atoms with Crippen molar-refractivity contribution in [2.45, 2.75) is 61.0 Å². The van der Waals surface area contributed by atoms with Crippen molar-refractivity contribution >= 4 is 27.5 Å². The van der Waals surface area contributed by atoms with E-state index in [9.17, 15) is 13.2 Å². The van der Waals surface area contributed by atoms with Gasteiger partial charge in [-0.2, -0.15) is 11.8 Å². The van der Waals surface area contributed by atoms with Crippen LogP contribution in [0.3, 0.4) is 0 Å². The lowest BCUT2D eigenvalue weighted by Gasteiger charge is -2.49. The molecule has 20 heavy (non-hydrogen) atoms. The summed E-state index contributed by atoms with van der Waals surface area (Å²) in [6.07, 6.45) is 7.76. The van der Waals surface area contributed by atoms with Crippen LogP contribution in [0.5, 0.6) is 0 Å². The molecule has 0 aromatic rings. The Bertz CT molecular complexity index is 497. The second-order valence-electron chi connectivity index (χ2n) is 6.38. The highest BCUT2D eigenvalue weighted by molar-refractivity contribution is 8.00. The zero-order valence-electron chi connectivity index (χ0n) is 12.0. The van der Waals surface area contributed by atoms with Crippen molar-refractivity contribution in [3.8, 4) is 0 Å². The molecule has 1 heterocycles. The molecule has 0 aromatic heterocycles. The molecule has 2 saturated carbocycles. The van der Waals surface area contributed by atoms with Crippen LogP contribution in [0.1, 0.15) is 44.9 Å². The molecule has 1 saturated heterocycles. The van der Waals surface area contributed by atoms with Crippen molar-refractivity contribution in [2.75, 3.05) is 18.6 Å². The molecule has 0 spiro atoms. The van der Waals surface area contributed by atoms with Gasteiger partial charge in [-0.15, -0.1) is 0 Å². The van der Waals surface area contributed by atoms with E-state index in [0.29, 0.717) is 18.1 Å². The molecule has 0 N–H and O–H groups in total. The molecular formula is C14H23NO3S2. The lowest BCUT2D eigenvalue weighted by Crippen LogP contribution is -2.63. The minimum Gasteiger partial charge on any atom is -0.336 e. The van der Waals surface area contributed by atoms with Crippen molar-refractivity contribution in [1.82, 2.24) is 4.90 Å². The lowest BCUT2D eigenvalue weighted by atomic mass is 9.82. The predicted molar refractivity (Wildman–Crippen MR) is 81.6 cm³/mol. The Balaban J connectivity index is 1.85. The summed E-state index contributed by atoms with van der Waals surface area (Å²) in [4.78, 5) is 14.9. The second kappa shape index (κ2) is 5.20. The Morgan fingerprint density at radius 3 is 2.50 bits per heavy atom. The maximum Gasteiger partial charge on any atom is 0.244 e. The molecule has 114 valence electrons. The van der Waals surface area contributed by atoms with Gasteiger partial charge in [-0.3, -0.25) is 4.79 Å². The monoisotopic (exact) mass is 317 g/mol. The summed E-state index contributed by atoms with van der Waals surface area (Å²) in [5, 5.41) is 0.526. The number of carbonyl (C=O) groups is 1. The van der Waals surface area contributed by atoms with Crippen molar-refractivity contribution in [2.24, 2.45) is 0 Å². The smallest absolute Gasteiger partial charge is 0.244 e. The van der Waals surface area contributed by atoms with Crippen LogP contribution in [0.25, 0.3) is 0 Å². The van der Waals surface area contributed by atoms with E-state index in [0.717, 1.165) is 31.6 Å². The van der Waals surface area contributed by atoms with Gasteiger partial charge in [0.25, 0.3) is 0 Å². The molecular weight excluding hydrogens is 294 g/mol. The second-order valence-corrected chi connectivity index (χ2v) is 10.1. The van der Waals surface area contributed by atoms with E-state index in [2.05, 4.69) is 0 Å². The molecule has 0 bridgehead atoms. The van der Waals surface area contributed by atoms with Gasteiger partial charge >= 0.3 is 0 Å². The van der Waals surface area contributed by atoms with Gasteiger partial charge < -0.3 is 4.90 Å². The van der Waals surface area contributed by atoms with Crippen LogP contribution < -0.4 is 0 Å². The Kier molecular flexibility index (Phi) is 3.82. The quantitative estimate of drug-likeness (QED) is 0.780. The van der Waals surface area contributed by atoms with E-state index >= 15 is 0 Å². The lowest BCUT2D eigenvalue weighted by molar-refractivity contribution is -0.139. The van der Waals surface area contributed by atoms with Gasteiger partial charge in [0.05, 0.1) is 0 Å². The Hall–Kier alpha value is -0.230. The Labute approximate surface area is 125 Å². The predicted octanol–water partition coefficient (Wildman–Crippen LogP) is 1.84. The van der Waals surface area contributed by atoms with Crippen LogP contribution >= 0.6 is 11.8 Å². The number of carbonyl (C=O) groups excluding carboxylic acids is 1. The van der Waals surface area contributed by atoms with Gasteiger partial charge in [-0.05, 0) is 32.1 Å². The van der Waals surface area contributed by atoms with Crippen molar-refractivity contribution < 1.29 is 13.2 Å². The molecule has 6 heteroatoms.